The molecule has 0 aliphatic heterocycles. The lowest BCUT2D eigenvalue weighted by Gasteiger charge is -2.16. The third-order valence-electron chi connectivity index (χ3n) is 3.29. The first-order valence-corrected chi connectivity index (χ1v) is 7.24. The smallest absolute Gasteiger partial charge is 0.419 e. The third-order valence-corrected chi connectivity index (χ3v) is 3.29. The average molecular weight is 350 g/mol. The molecule has 0 bridgehead atoms. The van der Waals surface area contributed by atoms with Crippen LogP contribution in [0.1, 0.15) is 24.5 Å². The summed E-state index contributed by atoms with van der Waals surface area (Å²) < 4.78 is 61.1. The molecule has 24 heavy (non-hydrogen) atoms. The predicted octanol–water partition coefficient (Wildman–Crippen LogP) is 3.17. The molecule has 8 heteroatoms. The van der Waals surface area contributed by atoms with E-state index in [0.717, 1.165) is 6.07 Å². The van der Waals surface area contributed by atoms with Gasteiger partial charge in [0.2, 0.25) is 0 Å². The van der Waals surface area contributed by atoms with Crippen LogP contribution in [-0.2, 0) is 31.7 Å². The fourth-order valence-electron chi connectivity index (χ4n) is 2.10. The van der Waals surface area contributed by atoms with E-state index in [4.69, 9.17) is 9.47 Å². The molecule has 1 aromatic rings. The molecule has 0 heterocycles. The number of ether oxygens (including phenoxy) is 2. The summed E-state index contributed by atoms with van der Waals surface area (Å²) in [4.78, 5) is 24.0. The summed E-state index contributed by atoms with van der Waals surface area (Å²) in [5.41, 5.74) is -1.42. The van der Waals surface area contributed by atoms with E-state index >= 15 is 0 Å². The number of carbonyl (C=O) groups is 2. The predicted molar refractivity (Wildman–Crippen MR) is 76.7 cm³/mol. The molecule has 1 atom stereocenters. The number of hydrogen-bond donors (Lipinski definition) is 0. The number of Topliss-reactive ketones (excluding diaryl/α,β-unsaturated/α-hetero) is 1. The van der Waals surface area contributed by atoms with E-state index in [2.05, 4.69) is 0 Å². The number of halogens is 4. The lowest BCUT2D eigenvalue weighted by atomic mass is 9.92. The maximum atomic E-state index is 13.3. The summed E-state index contributed by atoms with van der Waals surface area (Å²) in [5, 5.41) is 0. The molecule has 0 spiro atoms. The van der Waals surface area contributed by atoms with Gasteiger partial charge in [0.25, 0.3) is 0 Å². The molecule has 1 rings (SSSR count). The molecule has 0 saturated carbocycles. The van der Waals surface area contributed by atoms with Crippen LogP contribution in [0.15, 0.2) is 18.2 Å². The van der Waals surface area contributed by atoms with Gasteiger partial charge in [-0.2, -0.15) is 13.2 Å². The van der Waals surface area contributed by atoms with E-state index in [1.54, 1.807) is 6.92 Å². The Morgan fingerprint density at radius 1 is 1.25 bits per heavy atom. The lowest BCUT2D eigenvalue weighted by Crippen LogP contribution is -2.29. The highest BCUT2D eigenvalue weighted by Crippen LogP contribution is 2.32. The Bertz CT molecular complexity index is 584. The van der Waals surface area contributed by atoms with Crippen LogP contribution >= 0.6 is 0 Å². The number of carbonyl (C=O) groups excluding carboxylic acids is 2. The van der Waals surface area contributed by atoms with Crippen LogP contribution in [0.5, 0.6) is 0 Å². The summed E-state index contributed by atoms with van der Waals surface area (Å²) in [5.74, 6) is -4.00. The van der Waals surface area contributed by atoms with Crippen molar-refractivity contribution in [2.24, 2.45) is 5.92 Å². The van der Waals surface area contributed by atoms with E-state index in [1.807, 2.05) is 0 Å². The van der Waals surface area contributed by atoms with E-state index in [1.165, 1.54) is 7.11 Å². The van der Waals surface area contributed by atoms with Crippen LogP contribution in [0.3, 0.4) is 0 Å². The number of alkyl halides is 3. The minimum absolute atomic E-state index is 0.0209. The summed E-state index contributed by atoms with van der Waals surface area (Å²) in [6.07, 6.45) is -5.24. The van der Waals surface area contributed by atoms with Crippen LogP contribution in [0.4, 0.5) is 17.6 Å². The standard InChI is InChI=1S/C16H18F4O4/c1-3-24-15(22)11(14(21)6-7-23-2)8-10-4-5-13(17)12(9-10)16(18,19)20/h4-5,9,11H,3,6-8H2,1-2H3. The van der Waals surface area contributed by atoms with E-state index < -0.39 is 35.2 Å². The number of benzene rings is 1. The quantitative estimate of drug-likeness (QED) is 0.411. The number of ketones is 1. The van der Waals surface area contributed by atoms with Crippen molar-refractivity contribution in [3.05, 3.63) is 35.1 Å². The second-order valence-electron chi connectivity index (χ2n) is 5.03. The second-order valence-corrected chi connectivity index (χ2v) is 5.03. The Labute approximate surface area is 136 Å². The molecule has 0 fully saturated rings. The van der Waals surface area contributed by atoms with Crippen molar-refractivity contribution >= 4 is 11.8 Å². The second kappa shape index (κ2) is 8.77. The maximum absolute atomic E-state index is 13.3. The van der Waals surface area contributed by atoms with E-state index in [0.29, 0.717) is 12.1 Å². The number of hydrogen-bond acceptors (Lipinski definition) is 4. The average Bonchev–Trinajstić information content (AvgIpc) is 2.50. The van der Waals surface area contributed by atoms with Crippen LogP contribution in [-0.4, -0.2) is 32.1 Å². The molecule has 0 aliphatic carbocycles. The SMILES string of the molecule is CCOC(=O)C(Cc1ccc(F)c(C(F)(F)F)c1)C(=O)CCOC. The van der Waals surface area contributed by atoms with Gasteiger partial charge in [-0.15, -0.1) is 0 Å². The molecule has 134 valence electrons. The zero-order chi connectivity index (χ0) is 18.3. The number of rotatable bonds is 8. The van der Waals surface area contributed by atoms with Gasteiger partial charge in [0.05, 0.1) is 18.8 Å². The molecule has 1 unspecified atom stereocenters. The molecular weight excluding hydrogens is 332 g/mol. The number of esters is 1. The Hall–Kier alpha value is -1.96. The van der Waals surface area contributed by atoms with Gasteiger partial charge in [-0.3, -0.25) is 9.59 Å². The fraction of sp³-hybridized carbons (Fsp3) is 0.500. The van der Waals surface area contributed by atoms with E-state index in [-0.39, 0.29) is 31.6 Å². The first-order chi connectivity index (χ1) is 11.2. The zero-order valence-corrected chi connectivity index (χ0v) is 13.3. The first kappa shape index (κ1) is 20.1. The normalized spacial score (nSPS) is 12.8. The molecule has 0 aliphatic rings. The van der Waals surface area contributed by atoms with Gasteiger partial charge in [-0.25, -0.2) is 4.39 Å². The zero-order valence-electron chi connectivity index (χ0n) is 13.3. The van der Waals surface area contributed by atoms with Crippen molar-refractivity contribution in [3.63, 3.8) is 0 Å². The van der Waals surface area contributed by atoms with Crippen molar-refractivity contribution in [2.75, 3.05) is 20.3 Å². The molecule has 0 aromatic heterocycles. The van der Waals surface area contributed by atoms with Crippen LogP contribution in [0.2, 0.25) is 0 Å². The molecule has 4 nitrogen and oxygen atoms in total. The van der Waals surface area contributed by atoms with Crippen molar-refractivity contribution in [3.8, 4) is 0 Å². The minimum Gasteiger partial charge on any atom is -0.465 e. The van der Waals surface area contributed by atoms with Crippen molar-refractivity contribution < 1.29 is 36.6 Å². The highest BCUT2D eigenvalue weighted by Gasteiger charge is 2.35. The Morgan fingerprint density at radius 3 is 2.46 bits per heavy atom. The molecule has 0 radical (unpaired) electrons. The minimum atomic E-state index is -4.86. The molecular formula is C16H18F4O4. The molecule has 0 saturated heterocycles. The van der Waals surface area contributed by atoms with Gasteiger partial charge in [0, 0.05) is 13.5 Å². The topological polar surface area (TPSA) is 52.6 Å². The van der Waals surface area contributed by atoms with Crippen molar-refractivity contribution in [1.82, 2.24) is 0 Å². The van der Waals surface area contributed by atoms with Gasteiger partial charge in [0.1, 0.15) is 17.5 Å². The van der Waals surface area contributed by atoms with Crippen LogP contribution in [0, 0.1) is 11.7 Å². The van der Waals surface area contributed by atoms with Gasteiger partial charge in [0.15, 0.2) is 0 Å². The fourth-order valence-corrected chi connectivity index (χ4v) is 2.10. The van der Waals surface area contributed by atoms with Crippen molar-refractivity contribution in [2.45, 2.75) is 25.9 Å². The van der Waals surface area contributed by atoms with E-state index in [9.17, 15) is 27.2 Å². The number of methoxy groups -OCH3 is 1. The Balaban J connectivity index is 3.05. The molecule has 0 amide bonds. The Morgan fingerprint density at radius 2 is 1.92 bits per heavy atom. The maximum Gasteiger partial charge on any atom is 0.419 e. The summed E-state index contributed by atoms with van der Waals surface area (Å²) in [6.45, 7) is 1.66. The molecule has 1 aromatic carbocycles. The van der Waals surface area contributed by atoms with Crippen LogP contribution in [0.25, 0.3) is 0 Å². The summed E-state index contributed by atoms with van der Waals surface area (Å²) >= 11 is 0. The third kappa shape index (κ3) is 5.59. The monoisotopic (exact) mass is 350 g/mol. The van der Waals surface area contributed by atoms with Gasteiger partial charge in [-0.1, -0.05) is 6.07 Å². The van der Waals surface area contributed by atoms with Gasteiger partial charge in [-0.05, 0) is 31.0 Å². The lowest BCUT2D eigenvalue weighted by molar-refractivity contribution is -0.151. The highest BCUT2D eigenvalue weighted by molar-refractivity contribution is 5.99. The van der Waals surface area contributed by atoms with Gasteiger partial charge >= 0.3 is 12.1 Å². The first-order valence-electron chi connectivity index (χ1n) is 7.24. The summed E-state index contributed by atoms with van der Waals surface area (Å²) in [6, 6.07) is 2.38. The van der Waals surface area contributed by atoms with Crippen LogP contribution < -0.4 is 0 Å². The largest absolute Gasteiger partial charge is 0.465 e. The summed E-state index contributed by atoms with van der Waals surface area (Å²) in [7, 11) is 1.38. The highest BCUT2D eigenvalue weighted by atomic mass is 19.4. The Kier molecular flexibility index (Phi) is 7.34. The van der Waals surface area contributed by atoms with Gasteiger partial charge < -0.3 is 9.47 Å². The van der Waals surface area contributed by atoms with Crippen molar-refractivity contribution in [1.29, 1.82) is 0 Å². The molecule has 0 N–H and O–H groups in total.